The van der Waals surface area contributed by atoms with Crippen molar-refractivity contribution in [3.05, 3.63) is 35.4 Å². The van der Waals surface area contributed by atoms with Crippen molar-refractivity contribution in [2.45, 2.75) is 45.3 Å². The van der Waals surface area contributed by atoms with Gasteiger partial charge < -0.3 is 10.5 Å². The van der Waals surface area contributed by atoms with Crippen LogP contribution in [0, 0.1) is 17.8 Å². The highest BCUT2D eigenvalue weighted by atomic mass is 16.5. The largest absolute Gasteiger partial charge is 0.373 e. The lowest BCUT2D eigenvalue weighted by Crippen LogP contribution is -2.20. The minimum atomic E-state index is 0.399. The molecular weight excluding hydrogens is 234 g/mol. The SMILES string of the molecule is CC1CCC(OCc2ccccc2C#CCN)CC1. The summed E-state index contributed by atoms with van der Waals surface area (Å²) in [5.74, 6) is 6.89. The van der Waals surface area contributed by atoms with Crippen molar-refractivity contribution >= 4 is 0 Å². The Morgan fingerprint density at radius 2 is 1.95 bits per heavy atom. The standard InChI is InChI=1S/C17H23NO/c1-14-8-10-17(11-9-14)19-13-16-6-3-2-5-15(16)7-4-12-18/h2-3,5-6,14,17H,8-13,18H2,1H3. The van der Waals surface area contributed by atoms with E-state index in [0.29, 0.717) is 19.3 Å². The molecule has 2 nitrogen and oxygen atoms in total. The van der Waals surface area contributed by atoms with Crippen LogP contribution in [-0.4, -0.2) is 12.6 Å². The zero-order valence-corrected chi connectivity index (χ0v) is 11.7. The van der Waals surface area contributed by atoms with E-state index in [9.17, 15) is 0 Å². The topological polar surface area (TPSA) is 35.2 Å². The fraction of sp³-hybridized carbons (Fsp3) is 0.529. The third-order valence-electron chi connectivity index (χ3n) is 3.78. The smallest absolute Gasteiger partial charge is 0.0732 e. The molecule has 0 atom stereocenters. The van der Waals surface area contributed by atoms with E-state index >= 15 is 0 Å². The van der Waals surface area contributed by atoms with Crippen LogP contribution in [0.15, 0.2) is 24.3 Å². The maximum absolute atomic E-state index is 6.04. The second-order valence-corrected chi connectivity index (χ2v) is 5.36. The van der Waals surface area contributed by atoms with Crippen molar-refractivity contribution in [2.75, 3.05) is 6.54 Å². The molecule has 102 valence electrons. The van der Waals surface area contributed by atoms with E-state index in [2.05, 4.69) is 24.8 Å². The van der Waals surface area contributed by atoms with Crippen LogP contribution in [-0.2, 0) is 11.3 Å². The molecule has 1 aromatic carbocycles. The van der Waals surface area contributed by atoms with Gasteiger partial charge in [-0.3, -0.25) is 0 Å². The summed E-state index contributed by atoms with van der Waals surface area (Å²) in [7, 11) is 0. The van der Waals surface area contributed by atoms with Crippen LogP contribution in [0.25, 0.3) is 0 Å². The molecule has 0 saturated heterocycles. The summed E-state index contributed by atoms with van der Waals surface area (Å²) in [6.45, 7) is 3.39. The van der Waals surface area contributed by atoms with Gasteiger partial charge in [0, 0.05) is 5.56 Å². The Morgan fingerprint density at radius 1 is 1.21 bits per heavy atom. The summed E-state index contributed by atoms with van der Waals surface area (Å²) in [5, 5.41) is 0. The average Bonchev–Trinajstić information content (AvgIpc) is 2.45. The predicted molar refractivity (Wildman–Crippen MR) is 78.6 cm³/mol. The maximum atomic E-state index is 6.04. The van der Waals surface area contributed by atoms with Gasteiger partial charge >= 0.3 is 0 Å². The van der Waals surface area contributed by atoms with Crippen molar-refractivity contribution < 1.29 is 4.74 Å². The highest BCUT2D eigenvalue weighted by molar-refractivity contribution is 5.41. The van der Waals surface area contributed by atoms with E-state index in [4.69, 9.17) is 10.5 Å². The van der Waals surface area contributed by atoms with Gasteiger partial charge in [-0.05, 0) is 43.2 Å². The van der Waals surface area contributed by atoms with Crippen molar-refractivity contribution in [3.8, 4) is 11.8 Å². The van der Waals surface area contributed by atoms with E-state index in [1.165, 1.54) is 31.2 Å². The Labute approximate surface area is 116 Å². The van der Waals surface area contributed by atoms with Crippen molar-refractivity contribution in [3.63, 3.8) is 0 Å². The summed E-state index contributed by atoms with van der Waals surface area (Å²) in [5.41, 5.74) is 7.63. The molecule has 19 heavy (non-hydrogen) atoms. The van der Waals surface area contributed by atoms with E-state index < -0.39 is 0 Å². The first-order valence-electron chi connectivity index (χ1n) is 7.18. The number of rotatable bonds is 3. The van der Waals surface area contributed by atoms with Gasteiger partial charge in [0.2, 0.25) is 0 Å². The predicted octanol–water partition coefficient (Wildman–Crippen LogP) is 3.09. The molecule has 0 spiro atoms. The minimum Gasteiger partial charge on any atom is -0.373 e. The van der Waals surface area contributed by atoms with E-state index in [1.807, 2.05) is 18.2 Å². The monoisotopic (exact) mass is 257 g/mol. The first kappa shape index (κ1) is 14.1. The Morgan fingerprint density at radius 3 is 2.68 bits per heavy atom. The molecule has 1 aliphatic carbocycles. The van der Waals surface area contributed by atoms with Crippen molar-refractivity contribution in [1.82, 2.24) is 0 Å². The summed E-state index contributed by atoms with van der Waals surface area (Å²) in [6, 6.07) is 8.16. The van der Waals surface area contributed by atoms with E-state index in [1.54, 1.807) is 0 Å². The Hall–Kier alpha value is -1.30. The third kappa shape index (κ3) is 4.38. The molecule has 0 heterocycles. The third-order valence-corrected chi connectivity index (χ3v) is 3.78. The molecule has 0 unspecified atom stereocenters. The maximum Gasteiger partial charge on any atom is 0.0732 e. The number of nitrogens with two attached hydrogens (primary N) is 1. The normalized spacial score (nSPS) is 22.6. The lowest BCUT2D eigenvalue weighted by molar-refractivity contribution is 0.00869. The van der Waals surface area contributed by atoms with Gasteiger partial charge in [0.15, 0.2) is 0 Å². The number of ether oxygens (including phenoxy) is 1. The van der Waals surface area contributed by atoms with Crippen LogP contribution in [0.5, 0.6) is 0 Å². The van der Waals surface area contributed by atoms with Gasteiger partial charge in [-0.15, -0.1) is 0 Å². The Bertz CT molecular complexity index is 450. The van der Waals surface area contributed by atoms with Crippen LogP contribution in [0.4, 0.5) is 0 Å². The van der Waals surface area contributed by atoms with E-state index in [-0.39, 0.29) is 0 Å². The second kappa shape index (κ2) is 7.33. The van der Waals surface area contributed by atoms with Gasteiger partial charge in [0.05, 0.1) is 19.3 Å². The molecule has 0 aromatic heterocycles. The van der Waals surface area contributed by atoms with Gasteiger partial charge in [0.1, 0.15) is 0 Å². The highest BCUT2D eigenvalue weighted by Crippen LogP contribution is 2.26. The number of hydrogen-bond acceptors (Lipinski definition) is 2. The minimum absolute atomic E-state index is 0.399. The number of hydrogen-bond donors (Lipinski definition) is 1. The zero-order valence-electron chi connectivity index (χ0n) is 11.7. The molecule has 2 rings (SSSR count). The molecule has 0 aliphatic heterocycles. The van der Waals surface area contributed by atoms with Crippen LogP contribution < -0.4 is 5.73 Å². The summed E-state index contributed by atoms with van der Waals surface area (Å²) in [6.07, 6.45) is 5.39. The second-order valence-electron chi connectivity index (χ2n) is 5.36. The van der Waals surface area contributed by atoms with Gasteiger partial charge in [-0.2, -0.15) is 0 Å². The molecular formula is C17H23NO. The lowest BCUT2D eigenvalue weighted by atomic mass is 9.89. The molecule has 1 saturated carbocycles. The molecule has 1 fully saturated rings. The average molecular weight is 257 g/mol. The zero-order chi connectivity index (χ0) is 13.5. The molecule has 1 aliphatic rings. The van der Waals surface area contributed by atoms with E-state index in [0.717, 1.165) is 11.5 Å². The van der Waals surface area contributed by atoms with Gasteiger partial charge in [0.25, 0.3) is 0 Å². The summed E-state index contributed by atoms with van der Waals surface area (Å²) in [4.78, 5) is 0. The number of benzene rings is 1. The van der Waals surface area contributed by atoms with Crippen LogP contribution in [0.3, 0.4) is 0 Å². The Kier molecular flexibility index (Phi) is 5.44. The summed E-state index contributed by atoms with van der Waals surface area (Å²) < 4.78 is 6.04. The molecule has 2 N–H and O–H groups in total. The Balaban J connectivity index is 1.92. The van der Waals surface area contributed by atoms with Gasteiger partial charge in [-0.25, -0.2) is 0 Å². The molecule has 2 heteroatoms. The lowest BCUT2D eigenvalue weighted by Gasteiger charge is -2.26. The highest BCUT2D eigenvalue weighted by Gasteiger charge is 2.18. The fourth-order valence-electron chi connectivity index (χ4n) is 2.52. The molecule has 1 aromatic rings. The van der Waals surface area contributed by atoms with Crippen molar-refractivity contribution in [2.24, 2.45) is 11.7 Å². The fourth-order valence-corrected chi connectivity index (χ4v) is 2.52. The summed E-state index contributed by atoms with van der Waals surface area (Å²) >= 11 is 0. The van der Waals surface area contributed by atoms with Gasteiger partial charge in [-0.1, -0.05) is 37.0 Å². The molecule has 0 bridgehead atoms. The first-order chi connectivity index (χ1) is 9.29. The van der Waals surface area contributed by atoms with Crippen LogP contribution in [0.2, 0.25) is 0 Å². The van der Waals surface area contributed by atoms with Crippen molar-refractivity contribution in [1.29, 1.82) is 0 Å². The molecule has 0 amide bonds. The quantitative estimate of drug-likeness (QED) is 0.845. The van der Waals surface area contributed by atoms with Crippen LogP contribution in [0.1, 0.15) is 43.7 Å². The first-order valence-corrected chi connectivity index (χ1v) is 7.18. The van der Waals surface area contributed by atoms with Crippen LogP contribution >= 0.6 is 0 Å². The molecule has 0 radical (unpaired) electrons.